The number of ether oxygens (including phenoxy) is 2. The number of rotatable bonds is 9. The van der Waals surface area contributed by atoms with Gasteiger partial charge in [-0.2, -0.15) is 5.10 Å². The molecule has 1 aliphatic heterocycles. The summed E-state index contributed by atoms with van der Waals surface area (Å²) in [5, 5.41) is 12.5. The quantitative estimate of drug-likeness (QED) is 0.197. The zero-order chi connectivity index (χ0) is 29.0. The molecule has 2 N–H and O–H groups in total. The molecule has 0 saturated carbocycles. The SMILES string of the molecule is COc1ccc(CC2CCc3nn(Cc4ccccc4)c4c3C2NC(=NCc2ccc(Oc3ccccc3)cc2)N4)cc1. The third kappa shape index (κ3) is 5.97. The monoisotopic (exact) mass is 569 g/mol. The number of guanidine groups is 1. The lowest BCUT2D eigenvalue weighted by Gasteiger charge is -2.37. The summed E-state index contributed by atoms with van der Waals surface area (Å²) >= 11 is 0. The van der Waals surface area contributed by atoms with Crippen molar-refractivity contribution in [3.05, 3.63) is 137 Å². The third-order valence-corrected chi connectivity index (χ3v) is 8.28. The Kier molecular flexibility index (Phi) is 7.52. The number of hydrogen-bond donors (Lipinski definition) is 2. The van der Waals surface area contributed by atoms with Crippen LogP contribution in [0.4, 0.5) is 5.82 Å². The van der Waals surface area contributed by atoms with Crippen molar-refractivity contribution >= 4 is 11.8 Å². The smallest absolute Gasteiger partial charge is 0.197 e. The van der Waals surface area contributed by atoms with Gasteiger partial charge < -0.3 is 20.1 Å². The van der Waals surface area contributed by atoms with E-state index in [9.17, 15) is 0 Å². The Morgan fingerprint density at radius 2 is 1.47 bits per heavy atom. The van der Waals surface area contributed by atoms with Crippen molar-refractivity contribution in [2.24, 2.45) is 10.9 Å². The van der Waals surface area contributed by atoms with E-state index in [1.807, 2.05) is 54.6 Å². The number of aryl methyl sites for hydroxylation is 1. The molecule has 0 bridgehead atoms. The highest BCUT2D eigenvalue weighted by molar-refractivity contribution is 5.96. The number of nitrogens with zero attached hydrogens (tertiary/aromatic N) is 3. The first-order valence-electron chi connectivity index (χ1n) is 14.9. The summed E-state index contributed by atoms with van der Waals surface area (Å²) in [5.74, 6) is 4.76. The molecular weight excluding hydrogens is 534 g/mol. The summed E-state index contributed by atoms with van der Waals surface area (Å²) < 4.78 is 13.5. The Bertz CT molecular complexity index is 1700. The van der Waals surface area contributed by atoms with E-state index in [1.54, 1.807) is 7.11 Å². The Morgan fingerprint density at radius 3 is 2.21 bits per heavy atom. The van der Waals surface area contributed by atoms with E-state index in [0.29, 0.717) is 19.0 Å². The molecule has 4 aromatic carbocycles. The molecule has 2 atom stereocenters. The predicted octanol–water partition coefficient (Wildman–Crippen LogP) is 7.15. The van der Waals surface area contributed by atoms with Crippen LogP contribution in [0.3, 0.4) is 0 Å². The normalized spacial score (nSPS) is 17.9. The summed E-state index contributed by atoms with van der Waals surface area (Å²) in [6.07, 6.45) is 3.00. The van der Waals surface area contributed by atoms with Crippen molar-refractivity contribution in [2.45, 2.75) is 38.4 Å². The fourth-order valence-corrected chi connectivity index (χ4v) is 6.08. The van der Waals surface area contributed by atoms with Crippen LogP contribution < -0.4 is 20.1 Å². The molecule has 7 heteroatoms. The molecule has 0 radical (unpaired) electrons. The molecule has 7 nitrogen and oxygen atoms in total. The number of methoxy groups -OCH3 is 1. The fraction of sp³-hybridized carbons (Fsp3) is 0.222. The minimum Gasteiger partial charge on any atom is -0.497 e. The Labute approximate surface area is 252 Å². The summed E-state index contributed by atoms with van der Waals surface area (Å²) in [5.41, 5.74) is 6.10. The zero-order valence-corrected chi connectivity index (χ0v) is 24.2. The Morgan fingerprint density at radius 1 is 0.791 bits per heavy atom. The first-order chi connectivity index (χ1) is 21.2. The number of benzene rings is 4. The second-order valence-electron chi connectivity index (χ2n) is 11.2. The van der Waals surface area contributed by atoms with E-state index in [1.165, 1.54) is 22.4 Å². The summed E-state index contributed by atoms with van der Waals surface area (Å²) in [4.78, 5) is 5.01. The van der Waals surface area contributed by atoms with Crippen LogP contribution in [0.1, 0.15) is 40.4 Å². The van der Waals surface area contributed by atoms with E-state index in [0.717, 1.165) is 53.9 Å². The molecule has 1 aromatic heterocycles. The van der Waals surface area contributed by atoms with Gasteiger partial charge >= 0.3 is 0 Å². The molecule has 7 rings (SSSR count). The minimum atomic E-state index is 0.132. The second kappa shape index (κ2) is 12.1. The van der Waals surface area contributed by atoms with Crippen LogP contribution in [0.2, 0.25) is 0 Å². The van der Waals surface area contributed by atoms with Crippen LogP contribution in [0, 0.1) is 5.92 Å². The van der Waals surface area contributed by atoms with Gasteiger partial charge in [0.25, 0.3) is 0 Å². The lowest BCUT2D eigenvalue weighted by Crippen LogP contribution is -2.44. The number of para-hydroxylation sites is 1. The summed E-state index contributed by atoms with van der Waals surface area (Å²) in [7, 11) is 1.71. The van der Waals surface area contributed by atoms with Crippen molar-refractivity contribution in [2.75, 3.05) is 12.4 Å². The van der Waals surface area contributed by atoms with Crippen molar-refractivity contribution in [1.82, 2.24) is 15.1 Å². The maximum atomic E-state index is 5.96. The molecule has 0 fully saturated rings. The van der Waals surface area contributed by atoms with Gasteiger partial charge in [-0.3, -0.25) is 0 Å². The van der Waals surface area contributed by atoms with Gasteiger partial charge in [0.2, 0.25) is 0 Å². The van der Waals surface area contributed by atoms with Crippen LogP contribution in [0.25, 0.3) is 0 Å². The van der Waals surface area contributed by atoms with Gasteiger partial charge in [-0.25, -0.2) is 9.67 Å². The first kappa shape index (κ1) is 26.8. The number of nitrogens with one attached hydrogen (secondary N) is 2. The topological polar surface area (TPSA) is 72.7 Å². The minimum absolute atomic E-state index is 0.132. The zero-order valence-electron chi connectivity index (χ0n) is 24.2. The fourth-order valence-electron chi connectivity index (χ4n) is 6.08. The van der Waals surface area contributed by atoms with Gasteiger partial charge in [0.05, 0.1) is 31.9 Å². The maximum Gasteiger partial charge on any atom is 0.197 e. The molecule has 2 unspecified atom stereocenters. The Balaban J connectivity index is 1.14. The average Bonchev–Trinajstić information content (AvgIpc) is 3.41. The van der Waals surface area contributed by atoms with Crippen molar-refractivity contribution < 1.29 is 9.47 Å². The van der Waals surface area contributed by atoms with Gasteiger partial charge in [0.1, 0.15) is 23.1 Å². The highest BCUT2D eigenvalue weighted by Crippen LogP contribution is 2.42. The summed E-state index contributed by atoms with van der Waals surface area (Å²) in [6.45, 7) is 1.26. The van der Waals surface area contributed by atoms with Crippen LogP contribution >= 0.6 is 0 Å². The standard InChI is InChI=1S/C36H35N5O2/c1-42-29-17-12-25(13-18-29)22-28-16-21-32-33-34(28)38-36(39-35(33)41(40-32)24-27-8-4-2-5-9-27)37-23-26-14-19-31(20-15-26)43-30-10-6-3-7-11-30/h2-15,17-20,28,34H,16,21-24H2,1H3,(H2,37,38,39). The largest absolute Gasteiger partial charge is 0.497 e. The lowest BCUT2D eigenvalue weighted by atomic mass is 9.78. The van der Waals surface area contributed by atoms with Gasteiger partial charge in [0, 0.05) is 5.56 Å². The molecule has 0 spiro atoms. The van der Waals surface area contributed by atoms with E-state index in [4.69, 9.17) is 19.6 Å². The lowest BCUT2D eigenvalue weighted by molar-refractivity contribution is 0.347. The van der Waals surface area contributed by atoms with Gasteiger partial charge in [-0.1, -0.05) is 72.8 Å². The van der Waals surface area contributed by atoms with Crippen LogP contribution in [0.15, 0.2) is 114 Å². The molecule has 0 amide bonds. The molecule has 2 heterocycles. The first-order valence-corrected chi connectivity index (χ1v) is 14.9. The molecule has 5 aromatic rings. The highest BCUT2D eigenvalue weighted by Gasteiger charge is 2.39. The number of aromatic nitrogens is 2. The van der Waals surface area contributed by atoms with E-state index < -0.39 is 0 Å². The van der Waals surface area contributed by atoms with E-state index in [2.05, 4.69) is 69.9 Å². The second-order valence-corrected chi connectivity index (χ2v) is 11.2. The molecular formula is C36H35N5O2. The molecule has 0 saturated heterocycles. The van der Waals surface area contributed by atoms with E-state index in [-0.39, 0.29) is 6.04 Å². The van der Waals surface area contributed by atoms with Crippen molar-refractivity contribution in [1.29, 1.82) is 0 Å². The summed E-state index contributed by atoms with van der Waals surface area (Å²) in [6, 6.07) is 37.1. The number of aliphatic imine (C=N–C) groups is 1. The van der Waals surface area contributed by atoms with Gasteiger partial charge in [-0.05, 0) is 78.3 Å². The van der Waals surface area contributed by atoms with Crippen LogP contribution in [-0.4, -0.2) is 22.8 Å². The maximum absolute atomic E-state index is 5.96. The number of hydrogen-bond acceptors (Lipinski definition) is 4. The van der Waals surface area contributed by atoms with Crippen molar-refractivity contribution in [3.63, 3.8) is 0 Å². The van der Waals surface area contributed by atoms with Gasteiger partial charge in [0.15, 0.2) is 5.96 Å². The Hall–Kier alpha value is -5.04. The average molecular weight is 570 g/mol. The number of anilines is 1. The van der Waals surface area contributed by atoms with Crippen LogP contribution in [-0.2, 0) is 25.9 Å². The third-order valence-electron chi connectivity index (χ3n) is 8.28. The molecule has 43 heavy (non-hydrogen) atoms. The highest BCUT2D eigenvalue weighted by atomic mass is 16.5. The van der Waals surface area contributed by atoms with Crippen molar-refractivity contribution in [3.8, 4) is 17.2 Å². The van der Waals surface area contributed by atoms with E-state index >= 15 is 0 Å². The van der Waals surface area contributed by atoms with Gasteiger partial charge in [-0.15, -0.1) is 0 Å². The molecule has 1 aliphatic carbocycles. The molecule has 2 aliphatic rings. The van der Waals surface area contributed by atoms with Crippen LogP contribution in [0.5, 0.6) is 17.2 Å². The predicted molar refractivity (Wildman–Crippen MR) is 170 cm³/mol. The molecule has 216 valence electrons.